The normalized spacial score (nSPS) is 14.6. The van der Waals surface area contributed by atoms with Gasteiger partial charge in [0.05, 0.1) is 12.3 Å². The molecule has 3 aromatic rings. The first-order valence-corrected chi connectivity index (χ1v) is 11.0. The fourth-order valence-electron chi connectivity index (χ4n) is 4.22. The first-order chi connectivity index (χ1) is 15.2. The minimum Gasteiger partial charge on any atom is -0.485 e. The second kappa shape index (κ2) is 10.4. The topological polar surface area (TPSA) is 47.5 Å². The number of anilines is 1. The molecule has 5 heteroatoms. The number of para-hydroxylation sites is 1. The highest BCUT2D eigenvalue weighted by molar-refractivity contribution is 5.46. The Morgan fingerprint density at radius 2 is 1.58 bits per heavy atom. The van der Waals surface area contributed by atoms with Crippen molar-refractivity contribution in [2.24, 2.45) is 5.92 Å². The second-order valence-corrected chi connectivity index (χ2v) is 8.18. The van der Waals surface area contributed by atoms with Crippen molar-refractivity contribution in [3.8, 4) is 5.75 Å². The Balaban J connectivity index is 1.40. The molecule has 0 radical (unpaired) electrons. The lowest BCUT2D eigenvalue weighted by molar-refractivity contribution is 0.174. The number of methoxy groups -OCH3 is 1. The predicted octanol–water partition coefficient (Wildman–Crippen LogP) is 4.97. The van der Waals surface area contributed by atoms with Gasteiger partial charge in [-0.3, -0.25) is 0 Å². The lowest BCUT2D eigenvalue weighted by Gasteiger charge is -2.33. The number of aromatic nitrogens is 2. The Morgan fingerprint density at radius 3 is 2.26 bits per heavy atom. The Bertz CT molecular complexity index is 955. The van der Waals surface area contributed by atoms with Gasteiger partial charge in [-0.1, -0.05) is 48.5 Å². The first-order valence-electron chi connectivity index (χ1n) is 11.0. The van der Waals surface area contributed by atoms with Crippen LogP contribution in [-0.2, 0) is 24.4 Å². The van der Waals surface area contributed by atoms with Gasteiger partial charge in [0.2, 0.25) is 0 Å². The number of aryl methyl sites for hydroxylation is 1. The zero-order chi connectivity index (χ0) is 21.5. The highest BCUT2D eigenvalue weighted by atomic mass is 16.5. The van der Waals surface area contributed by atoms with Crippen molar-refractivity contribution in [1.29, 1.82) is 0 Å². The third kappa shape index (κ3) is 5.61. The highest BCUT2D eigenvalue weighted by Crippen LogP contribution is 2.27. The summed E-state index contributed by atoms with van der Waals surface area (Å²) in [6, 6.07) is 20.8. The number of rotatable bonds is 8. The Morgan fingerprint density at radius 1 is 0.903 bits per heavy atom. The van der Waals surface area contributed by atoms with Gasteiger partial charge in [0.25, 0.3) is 0 Å². The smallest absolute Gasteiger partial charge is 0.164 e. The van der Waals surface area contributed by atoms with E-state index in [0.717, 1.165) is 60.9 Å². The van der Waals surface area contributed by atoms with Gasteiger partial charge in [0.15, 0.2) is 5.75 Å². The van der Waals surface area contributed by atoms with Crippen molar-refractivity contribution in [3.05, 3.63) is 83.4 Å². The zero-order valence-corrected chi connectivity index (χ0v) is 18.5. The van der Waals surface area contributed by atoms with Gasteiger partial charge in [-0.2, -0.15) is 0 Å². The molecule has 0 aliphatic carbocycles. The van der Waals surface area contributed by atoms with E-state index in [0.29, 0.717) is 19.1 Å². The molecule has 2 heterocycles. The summed E-state index contributed by atoms with van der Waals surface area (Å²) in [4.78, 5) is 12.1. The molecule has 2 aromatic carbocycles. The quantitative estimate of drug-likeness (QED) is 0.518. The zero-order valence-electron chi connectivity index (χ0n) is 18.5. The van der Waals surface area contributed by atoms with Crippen LogP contribution in [0, 0.1) is 12.8 Å². The van der Waals surface area contributed by atoms with Crippen molar-refractivity contribution in [2.45, 2.75) is 39.4 Å². The van der Waals surface area contributed by atoms with Crippen LogP contribution in [0.5, 0.6) is 5.75 Å². The standard InChI is InChI=1S/C26H31N3O2/c1-20-26(31-18-22-9-5-3-6-10-22)24(19-30-2)28-25(27-20)17-21-13-15-29(16-14-21)23-11-7-4-8-12-23/h3-12,21H,13-19H2,1-2H3. The lowest BCUT2D eigenvalue weighted by Crippen LogP contribution is -2.34. The van der Waals surface area contributed by atoms with E-state index in [1.165, 1.54) is 5.69 Å². The van der Waals surface area contributed by atoms with Crippen LogP contribution in [-0.4, -0.2) is 30.2 Å². The predicted molar refractivity (Wildman–Crippen MR) is 123 cm³/mol. The van der Waals surface area contributed by atoms with Gasteiger partial charge in [0.1, 0.15) is 18.1 Å². The SMILES string of the molecule is COCc1nc(CC2CCN(c3ccccc3)CC2)nc(C)c1OCc1ccccc1. The van der Waals surface area contributed by atoms with Crippen molar-refractivity contribution in [3.63, 3.8) is 0 Å². The van der Waals surface area contributed by atoms with Crippen molar-refractivity contribution in [1.82, 2.24) is 9.97 Å². The fourth-order valence-corrected chi connectivity index (χ4v) is 4.22. The largest absolute Gasteiger partial charge is 0.485 e. The molecule has 1 aliphatic rings. The molecule has 5 nitrogen and oxygen atoms in total. The van der Waals surface area contributed by atoms with Gasteiger partial charge >= 0.3 is 0 Å². The number of ether oxygens (including phenoxy) is 2. The molecular weight excluding hydrogens is 386 g/mol. The average molecular weight is 418 g/mol. The maximum absolute atomic E-state index is 6.10. The molecule has 4 rings (SSSR count). The van der Waals surface area contributed by atoms with E-state index in [-0.39, 0.29) is 0 Å². The molecule has 0 unspecified atom stereocenters. The lowest BCUT2D eigenvalue weighted by atomic mass is 9.93. The van der Waals surface area contributed by atoms with Gasteiger partial charge in [-0.25, -0.2) is 9.97 Å². The third-order valence-corrected chi connectivity index (χ3v) is 5.87. The minimum absolute atomic E-state index is 0.424. The molecule has 0 amide bonds. The van der Waals surface area contributed by atoms with Crippen LogP contribution in [0.1, 0.15) is 35.6 Å². The summed E-state index contributed by atoms with van der Waals surface area (Å²) in [5.74, 6) is 2.24. The number of benzene rings is 2. The van der Waals surface area contributed by atoms with Crippen LogP contribution >= 0.6 is 0 Å². The van der Waals surface area contributed by atoms with E-state index in [1.54, 1.807) is 7.11 Å². The van der Waals surface area contributed by atoms with E-state index in [2.05, 4.69) is 47.4 Å². The Hall–Kier alpha value is -2.92. The van der Waals surface area contributed by atoms with Gasteiger partial charge < -0.3 is 14.4 Å². The molecule has 1 aliphatic heterocycles. The Labute approximate surface area is 185 Å². The van der Waals surface area contributed by atoms with E-state index in [9.17, 15) is 0 Å². The maximum Gasteiger partial charge on any atom is 0.164 e. The Kier molecular flexibility index (Phi) is 7.15. The summed E-state index contributed by atoms with van der Waals surface area (Å²) in [6.07, 6.45) is 3.21. The summed E-state index contributed by atoms with van der Waals surface area (Å²) < 4.78 is 11.5. The van der Waals surface area contributed by atoms with E-state index < -0.39 is 0 Å². The van der Waals surface area contributed by atoms with Crippen LogP contribution in [0.3, 0.4) is 0 Å². The summed E-state index contributed by atoms with van der Waals surface area (Å²) in [7, 11) is 1.69. The summed E-state index contributed by atoms with van der Waals surface area (Å²) in [6.45, 7) is 5.09. The van der Waals surface area contributed by atoms with Gasteiger partial charge in [-0.15, -0.1) is 0 Å². The summed E-state index contributed by atoms with van der Waals surface area (Å²) >= 11 is 0. The minimum atomic E-state index is 0.424. The van der Waals surface area contributed by atoms with Crippen molar-refractivity contribution >= 4 is 5.69 Å². The van der Waals surface area contributed by atoms with Crippen LogP contribution in [0.4, 0.5) is 5.69 Å². The van der Waals surface area contributed by atoms with Crippen molar-refractivity contribution < 1.29 is 9.47 Å². The molecule has 0 bridgehead atoms. The van der Waals surface area contributed by atoms with Gasteiger partial charge in [0, 0.05) is 32.3 Å². The maximum atomic E-state index is 6.10. The van der Waals surface area contributed by atoms with Crippen LogP contribution in [0.2, 0.25) is 0 Å². The van der Waals surface area contributed by atoms with Crippen LogP contribution in [0.15, 0.2) is 60.7 Å². The molecular formula is C26H31N3O2. The molecule has 0 saturated carbocycles. The van der Waals surface area contributed by atoms with Crippen LogP contribution < -0.4 is 9.64 Å². The van der Waals surface area contributed by atoms with Gasteiger partial charge in [-0.05, 0) is 43.4 Å². The molecule has 31 heavy (non-hydrogen) atoms. The monoisotopic (exact) mass is 417 g/mol. The highest BCUT2D eigenvalue weighted by Gasteiger charge is 2.22. The van der Waals surface area contributed by atoms with E-state index in [4.69, 9.17) is 19.4 Å². The first kappa shape index (κ1) is 21.3. The van der Waals surface area contributed by atoms with Crippen LogP contribution in [0.25, 0.3) is 0 Å². The second-order valence-electron chi connectivity index (χ2n) is 8.18. The molecule has 0 atom stereocenters. The number of hydrogen-bond donors (Lipinski definition) is 0. The number of piperidine rings is 1. The number of hydrogen-bond acceptors (Lipinski definition) is 5. The molecule has 162 valence electrons. The van der Waals surface area contributed by atoms with E-state index in [1.807, 2.05) is 25.1 Å². The summed E-state index contributed by atoms with van der Waals surface area (Å²) in [5.41, 5.74) is 4.16. The van der Waals surface area contributed by atoms with E-state index >= 15 is 0 Å². The third-order valence-electron chi connectivity index (χ3n) is 5.87. The average Bonchev–Trinajstić information content (AvgIpc) is 2.80. The molecule has 1 fully saturated rings. The fraction of sp³-hybridized carbons (Fsp3) is 0.385. The molecule has 0 spiro atoms. The molecule has 0 N–H and O–H groups in total. The molecule has 1 saturated heterocycles. The van der Waals surface area contributed by atoms with Crippen molar-refractivity contribution in [2.75, 3.05) is 25.1 Å². The number of nitrogens with zero attached hydrogens (tertiary/aromatic N) is 3. The summed E-state index contributed by atoms with van der Waals surface area (Å²) in [5, 5.41) is 0. The molecule has 1 aromatic heterocycles.